The number of phenols is 1. The van der Waals surface area contributed by atoms with Crippen LogP contribution in [0.5, 0.6) is 17.2 Å². The van der Waals surface area contributed by atoms with Crippen molar-refractivity contribution < 1.29 is 24.2 Å². The van der Waals surface area contributed by atoms with Gasteiger partial charge in [0.2, 0.25) is 11.8 Å². The van der Waals surface area contributed by atoms with Gasteiger partial charge >= 0.3 is 0 Å². The molecule has 0 aliphatic carbocycles. The molecule has 4 rings (SSSR count). The number of carbonyl (C=O) groups excluding carboxylic acids is 2. The third-order valence-electron chi connectivity index (χ3n) is 5.47. The molecule has 4 bridgehead atoms. The number of nitrogens with zero attached hydrogens (tertiary/aromatic N) is 1. The summed E-state index contributed by atoms with van der Waals surface area (Å²) >= 11 is 0. The summed E-state index contributed by atoms with van der Waals surface area (Å²) in [7, 11) is 1.49. The first-order chi connectivity index (χ1) is 14.0. The molecule has 2 aliphatic rings. The Kier molecular flexibility index (Phi) is 5.40. The van der Waals surface area contributed by atoms with Crippen LogP contribution in [0, 0.1) is 0 Å². The van der Waals surface area contributed by atoms with Crippen LogP contribution in [0.2, 0.25) is 0 Å². The fraction of sp³-hybridized carbons (Fsp3) is 0.364. The molecule has 7 nitrogen and oxygen atoms in total. The van der Waals surface area contributed by atoms with Gasteiger partial charge in [0.25, 0.3) is 0 Å². The van der Waals surface area contributed by atoms with E-state index in [1.165, 1.54) is 7.11 Å². The molecule has 0 unspecified atom stereocenters. The van der Waals surface area contributed by atoms with Crippen molar-refractivity contribution in [1.82, 2.24) is 10.2 Å². The molecule has 0 saturated carbocycles. The number of phenolic OH excluding ortho intramolecular Hbond substituents is 1. The second-order valence-corrected chi connectivity index (χ2v) is 7.49. The van der Waals surface area contributed by atoms with E-state index in [0.717, 1.165) is 11.1 Å². The first-order valence-corrected chi connectivity index (χ1v) is 9.69. The highest BCUT2D eigenvalue weighted by molar-refractivity contribution is 5.79. The molecule has 29 heavy (non-hydrogen) atoms. The predicted octanol–water partition coefficient (Wildman–Crippen LogP) is 2.19. The minimum absolute atomic E-state index is 0.0183. The highest BCUT2D eigenvalue weighted by atomic mass is 16.5. The first kappa shape index (κ1) is 19.3. The van der Waals surface area contributed by atoms with E-state index in [0.29, 0.717) is 37.4 Å². The van der Waals surface area contributed by atoms with E-state index in [4.69, 9.17) is 9.47 Å². The van der Waals surface area contributed by atoms with Crippen molar-refractivity contribution in [3.8, 4) is 17.2 Å². The Balaban J connectivity index is 1.69. The highest BCUT2D eigenvalue weighted by Crippen LogP contribution is 2.35. The Bertz CT molecular complexity index is 929. The summed E-state index contributed by atoms with van der Waals surface area (Å²) in [6.07, 6.45) is 0.848. The lowest BCUT2D eigenvalue weighted by Crippen LogP contribution is -2.41. The molecule has 7 heteroatoms. The third-order valence-corrected chi connectivity index (χ3v) is 5.47. The van der Waals surface area contributed by atoms with Crippen molar-refractivity contribution in [2.45, 2.75) is 24.8 Å². The van der Waals surface area contributed by atoms with E-state index < -0.39 is 0 Å². The van der Waals surface area contributed by atoms with Gasteiger partial charge < -0.3 is 24.8 Å². The monoisotopic (exact) mass is 396 g/mol. The molecule has 1 fully saturated rings. The first-order valence-electron chi connectivity index (χ1n) is 9.69. The molecule has 2 aliphatic heterocycles. The average molecular weight is 396 g/mol. The number of rotatable bonds is 2. The number of fused-ring (bicyclic) bond motifs is 6. The van der Waals surface area contributed by atoms with Crippen LogP contribution in [0.4, 0.5) is 0 Å². The number of benzene rings is 2. The van der Waals surface area contributed by atoms with Gasteiger partial charge in [0.15, 0.2) is 11.5 Å². The van der Waals surface area contributed by atoms with E-state index in [1.54, 1.807) is 23.1 Å². The van der Waals surface area contributed by atoms with Gasteiger partial charge in [-0.2, -0.15) is 0 Å². The molecular formula is C22H24N2O5. The van der Waals surface area contributed by atoms with Crippen LogP contribution in [0.25, 0.3) is 0 Å². The van der Waals surface area contributed by atoms with Gasteiger partial charge in [-0.05, 0) is 41.8 Å². The maximum Gasteiger partial charge on any atom is 0.248 e. The van der Waals surface area contributed by atoms with Crippen LogP contribution in [-0.4, -0.2) is 54.7 Å². The topological polar surface area (TPSA) is 88.1 Å². The molecule has 0 radical (unpaired) electrons. The molecule has 2 N–H and O–H groups in total. The Hall–Kier alpha value is -3.06. The van der Waals surface area contributed by atoms with Crippen molar-refractivity contribution in [3.05, 3.63) is 53.6 Å². The largest absolute Gasteiger partial charge is 0.504 e. The summed E-state index contributed by atoms with van der Waals surface area (Å²) < 4.78 is 10.9. The molecule has 1 saturated heterocycles. The number of likely N-dealkylation sites (tertiary alicyclic amines) is 1. The summed E-state index contributed by atoms with van der Waals surface area (Å²) in [6, 6.07) is 12.5. The van der Waals surface area contributed by atoms with Crippen LogP contribution in [0.15, 0.2) is 42.5 Å². The molecule has 152 valence electrons. The number of aryl methyl sites for hydroxylation is 1. The summed E-state index contributed by atoms with van der Waals surface area (Å²) in [5, 5.41) is 13.3. The van der Waals surface area contributed by atoms with Crippen LogP contribution in [0.1, 0.15) is 23.5 Å². The SMILES string of the molecule is COCC(=O)N1C[C@H]2NC(=O)CCc3ccc(O)c(c3)Oc3cccc(c3)[C@@H]2C1. The molecule has 2 atom stereocenters. The van der Waals surface area contributed by atoms with Crippen LogP contribution < -0.4 is 10.1 Å². The van der Waals surface area contributed by atoms with Gasteiger partial charge in [-0.3, -0.25) is 9.59 Å². The Morgan fingerprint density at radius 1 is 1.24 bits per heavy atom. The van der Waals surface area contributed by atoms with Gasteiger partial charge in [-0.1, -0.05) is 18.2 Å². The number of hydrogen-bond donors (Lipinski definition) is 2. The van der Waals surface area contributed by atoms with Gasteiger partial charge in [0, 0.05) is 32.5 Å². The number of methoxy groups -OCH3 is 1. The fourth-order valence-corrected chi connectivity index (χ4v) is 3.97. The lowest BCUT2D eigenvalue weighted by atomic mass is 9.94. The van der Waals surface area contributed by atoms with Gasteiger partial charge in [0.1, 0.15) is 12.4 Å². The zero-order chi connectivity index (χ0) is 20.4. The summed E-state index contributed by atoms with van der Waals surface area (Å²) in [6.45, 7) is 0.957. The number of ether oxygens (including phenoxy) is 2. The standard InChI is InChI=1S/C22H24N2O5/c1-28-13-22(27)24-11-17-15-3-2-4-16(10-15)29-20-9-14(5-7-19(20)25)6-8-21(26)23-18(17)12-24/h2-5,7,9-10,17-18,25H,6,8,11-13H2,1H3,(H,23,26)/t17-,18+/m0/s1. The Morgan fingerprint density at radius 3 is 2.93 bits per heavy atom. The van der Waals surface area contributed by atoms with Crippen molar-refractivity contribution in [3.63, 3.8) is 0 Å². The summed E-state index contributed by atoms with van der Waals surface area (Å²) in [5.74, 6) is 0.795. The molecule has 2 heterocycles. The zero-order valence-corrected chi connectivity index (χ0v) is 16.3. The zero-order valence-electron chi connectivity index (χ0n) is 16.3. The second-order valence-electron chi connectivity index (χ2n) is 7.49. The lowest BCUT2D eigenvalue weighted by Gasteiger charge is -2.20. The molecule has 2 amide bonds. The quantitative estimate of drug-likeness (QED) is 0.813. The van der Waals surface area contributed by atoms with E-state index in [2.05, 4.69) is 5.32 Å². The fourth-order valence-electron chi connectivity index (χ4n) is 3.97. The molecule has 2 aromatic rings. The minimum Gasteiger partial charge on any atom is -0.504 e. The number of nitrogens with one attached hydrogen (secondary N) is 1. The second kappa shape index (κ2) is 8.13. The van der Waals surface area contributed by atoms with E-state index in [1.807, 2.05) is 24.3 Å². The molecule has 2 aromatic carbocycles. The molecule has 0 spiro atoms. The highest BCUT2D eigenvalue weighted by Gasteiger charge is 2.37. The number of hydrogen-bond acceptors (Lipinski definition) is 5. The summed E-state index contributed by atoms with van der Waals surface area (Å²) in [4.78, 5) is 26.7. The number of carbonyl (C=O) groups is 2. The van der Waals surface area contributed by atoms with Gasteiger partial charge in [-0.15, -0.1) is 0 Å². The number of aromatic hydroxyl groups is 1. The van der Waals surface area contributed by atoms with Gasteiger partial charge in [-0.25, -0.2) is 0 Å². The van der Waals surface area contributed by atoms with Crippen LogP contribution in [0.3, 0.4) is 0 Å². The third kappa shape index (κ3) is 4.19. The maximum absolute atomic E-state index is 12.6. The van der Waals surface area contributed by atoms with Crippen molar-refractivity contribution in [2.24, 2.45) is 0 Å². The van der Waals surface area contributed by atoms with E-state index in [-0.39, 0.29) is 36.1 Å². The summed E-state index contributed by atoms with van der Waals surface area (Å²) in [5.41, 5.74) is 1.87. The molecule has 0 aromatic heterocycles. The Labute approximate surface area is 169 Å². The van der Waals surface area contributed by atoms with Crippen molar-refractivity contribution >= 4 is 11.8 Å². The van der Waals surface area contributed by atoms with Crippen LogP contribution >= 0.6 is 0 Å². The van der Waals surface area contributed by atoms with Crippen molar-refractivity contribution in [2.75, 3.05) is 26.8 Å². The van der Waals surface area contributed by atoms with Crippen LogP contribution in [-0.2, 0) is 20.7 Å². The lowest BCUT2D eigenvalue weighted by molar-refractivity contribution is -0.134. The average Bonchev–Trinajstić information content (AvgIpc) is 3.12. The normalized spacial score (nSPS) is 21.1. The Morgan fingerprint density at radius 2 is 2.10 bits per heavy atom. The minimum atomic E-state index is -0.184. The van der Waals surface area contributed by atoms with Gasteiger partial charge in [0.05, 0.1) is 6.04 Å². The number of amides is 2. The predicted molar refractivity (Wildman–Crippen MR) is 106 cm³/mol. The van der Waals surface area contributed by atoms with Crippen molar-refractivity contribution in [1.29, 1.82) is 0 Å². The van der Waals surface area contributed by atoms with E-state index in [9.17, 15) is 14.7 Å². The maximum atomic E-state index is 12.6. The smallest absolute Gasteiger partial charge is 0.248 e. The molecular weight excluding hydrogens is 372 g/mol. The van der Waals surface area contributed by atoms with E-state index >= 15 is 0 Å².